The lowest BCUT2D eigenvalue weighted by Crippen LogP contribution is -2.20. The van der Waals surface area contributed by atoms with E-state index in [4.69, 9.17) is 11.6 Å². The highest BCUT2D eigenvalue weighted by Gasteiger charge is 2.21. The zero-order chi connectivity index (χ0) is 18.6. The Morgan fingerprint density at radius 2 is 1.72 bits per heavy atom. The SMILES string of the molecule is CCS(=O)(=O)c1ccccc1C(=O)Nc1ccc(Cl)c(C(=O)NC)c1. The van der Waals surface area contributed by atoms with Crippen molar-refractivity contribution in [3.8, 4) is 0 Å². The van der Waals surface area contributed by atoms with Crippen molar-refractivity contribution in [1.29, 1.82) is 0 Å². The Morgan fingerprint density at radius 1 is 1.04 bits per heavy atom. The third-order valence-electron chi connectivity index (χ3n) is 3.54. The van der Waals surface area contributed by atoms with Gasteiger partial charge in [0.25, 0.3) is 11.8 Å². The minimum Gasteiger partial charge on any atom is -0.355 e. The maximum absolute atomic E-state index is 12.5. The van der Waals surface area contributed by atoms with Gasteiger partial charge in [-0.2, -0.15) is 0 Å². The van der Waals surface area contributed by atoms with Crippen molar-refractivity contribution >= 4 is 38.9 Å². The molecule has 0 aliphatic rings. The van der Waals surface area contributed by atoms with Gasteiger partial charge in [0.15, 0.2) is 9.84 Å². The minimum absolute atomic E-state index is 0.0320. The average molecular weight is 381 g/mol. The Hall–Kier alpha value is -2.38. The van der Waals surface area contributed by atoms with Gasteiger partial charge in [0.2, 0.25) is 0 Å². The van der Waals surface area contributed by atoms with Crippen LogP contribution >= 0.6 is 11.6 Å². The predicted octanol–water partition coefficient (Wildman–Crippen LogP) is 2.75. The van der Waals surface area contributed by atoms with Gasteiger partial charge >= 0.3 is 0 Å². The predicted molar refractivity (Wildman–Crippen MR) is 97.0 cm³/mol. The van der Waals surface area contributed by atoms with Crippen LogP contribution in [-0.4, -0.2) is 33.0 Å². The second-order valence-corrected chi connectivity index (χ2v) is 7.78. The van der Waals surface area contributed by atoms with Crippen LogP contribution in [0.5, 0.6) is 0 Å². The number of carbonyl (C=O) groups excluding carboxylic acids is 2. The Morgan fingerprint density at radius 3 is 2.36 bits per heavy atom. The van der Waals surface area contributed by atoms with Gasteiger partial charge < -0.3 is 10.6 Å². The molecule has 0 unspecified atom stereocenters. The Bertz CT molecular complexity index is 926. The van der Waals surface area contributed by atoms with Crippen molar-refractivity contribution in [3.63, 3.8) is 0 Å². The fraction of sp³-hybridized carbons (Fsp3) is 0.176. The van der Waals surface area contributed by atoms with Crippen LogP contribution in [0.25, 0.3) is 0 Å². The second kappa shape index (κ2) is 7.67. The molecule has 0 saturated heterocycles. The van der Waals surface area contributed by atoms with Crippen LogP contribution in [0.2, 0.25) is 5.02 Å². The summed E-state index contributed by atoms with van der Waals surface area (Å²) in [5, 5.41) is 5.30. The van der Waals surface area contributed by atoms with Crippen molar-refractivity contribution in [3.05, 3.63) is 58.6 Å². The zero-order valence-corrected chi connectivity index (χ0v) is 15.2. The fourth-order valence-electron chi connectivity index (χ4n) is 2.19. The Balaban J connectivity index is 2.38. The van der Waals surface area contributed by atoms with Crippen LogP contribution in [0, 0.1) is 0 Å². The van der Waals surface area contributed by atoms with Gasteiger partial charge in [0, 0.05) is 12.7 Å². The van der Waals surface area contributed by atoms with Crippen molar-refractivity contribution < 1.29 is 18.0 Å². The van der Waals surface area contributed by atoms with Gasteiger partial charge in [-0.05, 0) is 30.3 Å². The molecular weight excluding hydrogens is 364 g/mol. The summed E-state index contributed by atoms with van der Waals surface area (Å²) < 4.78 is 24.3. The summed E-state index contributed by atoms with van der Waals surface area (Å²) in [7, 11) is -2.08. The van der Waals surface area contributed by atoms with Gasteiger partial charge in [-0.3, -0.25) is 9.59 Å². The lowest BCUT2D eigenvalue weighted by molar-refractivity contribution is 0.0961. The molecule has 0 spiro atoms. The van der Waals surface area contributed by atoms with Crippen LogP contribution in [0.1, 0.15) is 27.6 Å². The molecule has 0 radical (unpaired) electrons. The average Bonchev–Trinajstić information content (AvgIpc) is 2.62. The van der Waals surface area contributed by atoms with Gasteiger partial charge in [0.05, 0.1) is 26.8 Å². The molecule has 2 aromatic rings. The topological polar surface area (TPSA) is 92.3 Å². The highest BCUT2D eigenvalue weighted by molar-refractivity contribution is 7.91. The molecule has 0 heterocycles. The largest absolute Gasteiger partial charge is 0.355 e. The molecule has 2 rings (SSSR count). The molecule has 132 valence electrons. The molecule has 2 aromatic carbocycles. The smallest absolute Gasteiger partial charge is 0.256 e. The molecule has 0 fully saturated rings. The number of amides is 2. The number of halogens is 1. The van der Waals surface area contributed by atoms with Crippen molar-refractivity contribution in [2.75, 3.05) is 18.1 Å². The molecule has 0 aliphatic carbocycles. The number of anilines is 1. The fourth-order valence-corrected chi connectivity index (χ4v) is 3.49. The number of carbonyl (C=O) groups is 2. The van der Waals surface area contributed by atoms with Gasteiger partial charge in [-0.15, -0.1) is 0 Å². The standard InChI is InChI=1S/C17H17ClN2O4S/c1-3-25(23,24)15-7-5-4-6-12(15)17(22)20-11-8-9-14(18)13(10-11)16(21)19-2/h4-10H,3H2,1-2H3,(H,19,21)(H,20,22). The second-order valence-electron chi connectivity index (χ2n) is 5.13. The van der Waals surface area contributed by atoms with Crippen molar-refractivity contribution in [2.45, 2.75) is 11.8 Å². The molecule has 2 N–H and O–H groups in total. The maximum atomic E-state index is 12.5. The number of nitrogens with one attached hydrogen (secondary N) is 2. The van der Waals surface area contributed by atoms with Crippen LogP contribution in [0.3, 0.4) is 0 Å². The molecule has 25 heavy (non-hydrogen) atoms. The van der Waals surface area contributed by atoms with E-state index in [-0.39, 0.29) is 26.8 Å². The lowest BCUT2D eigenvalue weighted by Gasteiger charge is -2.11. The first-order valence-corrected chi connectivity index (χ1v) is 9.48. The highest BCUT2D eigenvalue weighted by atomic mass is 35.5. The first-order chi connectivity index (χ1) is 11.8. The van der Waals surface area contributed by atoms with Crippen LogP contribution in [0.4, 0.5) is 5.69 Å². The number of rotatable bonds is 5. The summed E-state index contributed by atoms with van der Waals surface area (Å²) in [5.74, 6) is -1.09. The minimum atomic E-state index is -3.54. The van der Waals surface area contributed by atoms with E-state index in [2.05, 4.69) is 10.6 Å². The van der Waals surface area contributed by atoms with Gasteiger partial charge in [0.1, 0.15) is 0 Å². The lowest BCUT2D eigenvalue weighted by atomic mass is 10.1. The molecule has 2 amide bonds. The maximum Gasteiger partial charge on any atom is 0.256 e. The summed E-state index contributed by atoms with van der Waals surface area (Å²) >= 11 is 5.97. The van der Waals surface area contributed by atoms with Crippen molar-refractivity contribution in [1.82, 2.24) is 5.32 Å². The molecule has 0 atom stereocenters. The van der Waals surface area contributed by atoms with Gasteiger partial charge in [-0.25, -0.2) is 8.42 Å². The first kappa shape index (κ1) is 19.0. The van der Waals surface area contributed by atoms with E-state index >= 15 is 0 Å². The normalized spacial score (nSPS) is 11.0. The van der Waals surface area contributed by atoms with E-state index in [0.717, 1.165) is 0 Å². The first-order valence-electron chi connectivity index (χ1n) is 7.45. The van der Waals surface area contributed by atoms with E-state index < -0.39 is 21.7 Å². The van der Waals surface area contributed by atoms with E-state index in [1.807, 2.05) is 0 Å². The Labute approximate surface area is 151 Å². The van der Waals surface area contributed by atoms with Crippen LogP contribution in [-0.2, 0) is 9.84 Å². The molecule has 0 bridgehead atoms. The number of benzene rings is 2. The van der Waals surface area contributed by atoms with Gasteiger partial charge in [-0.1, -0.05) is 30.7 Å². The third-order valence-corrected chi connectivity index (χ3v) is 5.66. The van der Waals surface area contributed by atoms with E-state index in [0.29, 0.717) is 5.69 Å². The van der Waals surface area contributed by atoms with E-state index in [1.54, 1.807) is 12.1 Å². The number of hydrogen-bond acceptors (Lipinski definition) is 4. The summed E-state index contributed by atoms with van der Waals surface area (Å²) in [4.78, 5) is 24.3. The Kier molecular flexibility index (Phi) is 5.81. The summed E-state index contributed by atoms with van der Waals surface area (Å²) in [6, 6.07) is 10.4. The van der Waals surface area contributed by atoms with Crippen LogP contribution in [0.15, 0.2) is 47.4 Å². The van der Waals surface area contributed by atoms with Crippen LogP contribution < -0.4 is 10.6 Å². The van der Waals surface area contributed by atoms with Crippen molar-refractivity contribution in [2.24, 2.45) is 0 Å². The molecule has 0 aliphatic heterocycles. The highest BCUT2D eigenvalue weighted by Crippen LogP contribution is 2.23. The quantitative estimate of drug-likeness (QED) is 0.834. The molecule has 0 aromatic heterocycles. The molecular formula is C17H17ClN2O4S. The summed E-state index contributed by atoms with van der Waals surface area (Å²) in [5.41, 5.74) is 0.578. The molecule has 0 saturated carbocycles. The number of hydrogen-bond donors (Lipinski definition) is 2. The monoisotopic (exact) mass is 380 g/mol. The summed E-state index contributed by atoms with van der Waals surface area (Å²) in [6.07, 6.45) is 0. The molecule has 6 nitrogen and oxygen atoms in total. The zero-order valence-electron chi connectivity index (χ0n) is 13.7. The van der Waals surface area contributed by atoms with E-state index in [9.17, 15) is 18.0 Å². The third kappa shape index (κ3) is 4.18. The number of sulfone groups is 1. The molecule has 8 heteroatoms. The van der Waals surface area contributed by atoms with E-state index in [1.165, 1.54) is 44.3 Å². The summed E-state index contributed by atoms with van der Waals surface area (Å²) in [6.45, 7) is 1.51.